The van der Waals surface area contributed by atoms with Gasteiger partial charge in [-0.3, -0.25) is 9.59 Å². The number of anilines is 1. The highest BCUT2D eigenvalue weighted by atomic mass is 19.1. The van der Waals surface area contributed by atoms with Crippen molar-refractivity contribution in [3.63, 3.8) is 0 Å². The van der Waals surface area contributed by atoms with Crippen LogP contribution < -0.4 is 5.32 Å². The van der Waals surface area contributed by atoms with E-state index in [1.54, 1.807) is 43.3 Å². The highest BCUT2D eigenvalue weighted by Crippen LogP contribution is 2.14. The Labute approximate surface area is 148 Å². The molecule has 8 heteroatoms. The molecule has 26 heavy (non-hydrogen) atoms. The van der Waals surface area contributed by atoms with Crippen LogP contribution in [0.4, 0.5) is 10.1 Å². The zero-order valence-corrected chi connectivity index (χ0v) is 14.0. The lowest BCUT2D eigenvalue weighted by Crippen LogP contribution is -2.14. The number of nitrogens with one attached hydrogen (secondary N) is 1. The van der Waals surface area contributed by atoms with Crippen LogP contribution >= 0.6 is 0 Å². The van der Waals surface area contributed by atoms with Gasteiger partial charge in [0.1, 0.15) is 12.4 Å². The van der Waals surface area contributed by atoms with Crippen LogP contribution in [0.15, 0.2) is 48.5 Å². The van der Waals surface area contributed by atoms with Crippen LogP contribution in [0.5, 0.6) is 0 Å². The highest BCUT2D eigenvalue weighted by Gasteiger charge is 2.11. The number of hydrogen-bond acceptors (Lipinski definition) is 5. The predicted molar refractivity (Wildman–Crippen MR) is 92.9 cm³/mol. The number of benzene rings is 2. The number of hydrogen-bond donors (Lipinski definition) is 1. The molecule has 0 saturated carbocycles. The van der Waals surface area contributed by atoms with Crippen LogP contribution in [-0.4, -0.2) is 31.9 Å². The van der Waals surface area contributed by atoms with Crippen molar-refractivity contribution < 1.29 is 14.0 Å². The fourth-order valence-corrected chi connectivity index (χ4v) is 2.23. The Hall–Kier alpha value is -3.42. The summed E-state index contributed by atoms with van der Waals surface area (Å²) in [5.74, 6) is -0.323. The summed E-state index contributed by atoms with van der Waals surface area (Å²) in [6.45, 7) is 1.69. The molecule has 1 amide bonds. The molecule has 0 spiro atoms. The molecule has 0 saturated heterocycles. The minimum Gasteiger partial charge on any atom is -0.326 e. The molecule has 0 radical (unpaired) electrons. The van der Waals surface area contributed by atoms with Gasteiger partial charge in [-0.1, -0.05) is 6.92 Å². The maximum absolute atomic E-state index is 13.0. The summed E-state index contributed by atoms with van der Waals surface area (Å²) >= 11 is 0. The van der Waals surface area contributed by atoms with E-state index >= 15 is 0 Å². The molecule has 0 aliphatic rings. The number of ketones is 1. The van der Waals surface area contributed by atoms with Crippen molar-refractivity contribution in [2.24, 2.45) is 0 Å². The number of tetrazole rings is 1. The van der Waals surface area contributed by atoms with Gasteiger partial charge in [-0.15, -0.1) is 10.2 Å². The van der Waals surface area contributed by atoms with Crippen molar-refractivity contribution in [3.05, 3.63) is 59.9 Å². The minimum absolute atomic E-state index is 0.0745. The second-order valence-electron chi connectivity index (χ2n) is 5.55. The van der Waals surface area contributed by atoms with Crippen LogP contribution in [0.25, 0.3) is 11.4 Å². The topological polar surface area (TPSA) is 89.8 Å². The molecule has 7 nitrogen and oxygen atoms in total. The number of amides is 1. The van der Waals surface area contributed by atoms with Gasteiger partial charge in [0, 0.05) is 23.2 Å². The monoisotopic (exact) mass is 353 g/mol. The molecule has 0 aliphatic heterocycles. The average Bonchev–Trinajstić information content (AvgIpc) is 3.11. The Balaban J connectivity index is 1.66. The van der Waals surface area contributed by atoms with Crippen molar-refractivity contribution >= 4 is 17.4 Å². The molecule has 0 aliphatic carbocycles. The number of carbonyl (C=O) groups is 2. The quantitative estimate of drug-likeness (QED) is 0.688. The Morgan fingerprint density at radius 2 is 1.77 bits per heavy atom. The van der Waals surface area contributed by atoms with Gasteiger partial charge in [0.25, 0.3) is 0 Å². The van der Waals surface area contributed by atoms with E-state index in [1.807, 2.05) is 0 Å². The highest BCUT2D eigenvalue weighted by molar-refractivity contribution is 5.97. The molecule has 2 aromatic carbocycles. The van der Waals surface area contributed by atoms with Crippen molar-refractivity contribution in [2.45, 2.75) is 19.9 Å². The molecular weight excluding hydrogens is 337 g/mol. The number of aromatic nitrogens is 4. The normalized spacial score (nSPS) is 10.5. The molecular formula is C18H16FN5O2. The smallest absolute Gasteiger partial charge is 0.224 e. The fourth-order valence-electron chi connectivity index (χ4n) is 2.23. The summed E-state index contributed by atoms with van der Waals surface area (Å²) in [5.41, 5.74) is 1.71. The van der Waals surface area contributed by atoms with Gasteiger partial charge in [0.15, 0.2) is 5.78 Å². The Morgan fingerprint density at radius 3 is 2.42 bits per heavy atom. The van der Waals surface area contributed by atoms with E-state index in [1.165, 1.54) is 16.9 Å². The number of Topliss-reactive ketones (excluding diaryl/α,β-unsaturated/α-hetero) is 1. The van der Waals surface area contributed by atoms with E-state index in [9.17, 15) is 14.0 Å². The van der Waals surface area contributed by atoms with Crippen LogP contribution in [0.2, 0.25) is 0 Å². The SMILES string of the molecule is CCC(=O)Nc1ccc(C(=O)Cn2nnc(-c3ccc(F)cc3)n2)cc1. The van der Waals surface area contributed by atoms with E-state index in [0.717, 1.165) is 0 Å². The third kappa shape index (κ3) is 4.15. The lowest BCUT2D eigenvalue weighted by atomic mass is 10.1. The van der Waals surface area contributed by atoms with Gasteiger partial charge >= 0.3 is 0 Å². The van der Waals surface area contributed by atoms with Gasteiger partial charge in [0.2, 0.25) is 11.7 Å². The van der Waals surface area contributed by atoms with Gasteiger partial charge in [-0.05, 0) is 53.7 Å². The minimum atomic E-state index is -0.352. The zero-order chi connectivity index (χ0) is 18.5. The molecule has 3 rings (SSSR count). The summed E-state index contributed by atoms with van der Waals surface area (Å²) in [4.78, 5) is 24.9. The Kier molecular flexibility index (Phi) is 5.12. The molecule has 1 aromatic heterocycles. The van der Waals surface area contributed by atoms with Gasteiger partial charge in [-0.25, -0.2) is 4.39 Å². The van der Waals surface area contributed by atoms with E-state index < -0.39 is 0 Å². The first-order valence-electron chi connectivity index (χ1n) is 8.02. The van der Waals surface area contributed by atoms with Crippen molar-refractivity contribution in [3.8, 4) is 11.4 Å². The Bertz CT molecular complexity index is 920. The number of rotatable bonds is 6. The molecule has 0 unspecified atom stereocenters. The molecule has 1 heterocycles. The first kappa shape index (κ1) is 17.4. The van der Waals surface area contributed by atoms with E-state index in [2.05, 4.69) is 20.7 Å². The molecule has 132 valence electrons. The van der Waals surface area contributed by atoms with Crippen molar-refractivity contribution in [1.29, 1.82) is 0 Å². The second kappa shape index (κ2) is 7.64. The van der Waals surface area contributed by atoms with Crippen LogP contribution in [0.3, 0.4) is 0 Å². The number of carbonyl (C=O) groups excluding carboxylic acids is 2. The molecule has 0 atom stereocenters. The van der Waals surface area contributed by atoms with Crippen molar-refractivity contribution in [2.75, 3.05) is 5.32 Å². The molecule has 3 aromatic rings. The lowest BCUT2D eigenvalue weighted by Gasteiger charge is -2.04. The predicted octanol–water partition coefficient (Wildman–Crippen LogP) is 2.71. The summed E-state index contributed by atoms with van der Waals surface area (Å²) in [5, 5.41) is 14.6. The molecule has 1 N–H and O–H groups in total. The average molecular weight is 353 g/mol. The standard InChI is InChI=1S/C18H16FN5O2/c1-2-17(26)20-15-9-5-12(6-10-15)16(25)11-24-22-18(21-23-24)13-3-7-14(19)8-4-13/h3-10H,2,11H2,1H3,(H,20,26). The first-order chi connectivity index (χ1) is 12.5. The Morgan fingerprint density at radius 1 is 1.08 bits per heavy atom. The summed E-state index contributed by atoms with van der Waals surface area (Å²) < 4.78 is 13.0. The largest absolute Gasteiger partial charge is 0.326 e. The maximum atomic E-state index is 13.0. The summed E-state index contributed by atoms with van der Waals surface area (Å²) in [6.07, 6.45) is 0.384. The van der Waals surface area contributed by atoms with Crippen LogP contribution in [0.1, 0.15) is 23.7 Å². The van der Waals surface area contributed by atoms with Gasteiger partial charge in [-0.2, -0.15) is 4.80 Å². The van der Waals surface area contributed by atoms with E-state index in [-0.39, 0.29) is 24.1 Å². The fraction of sp³-hybridized carbons (Fsp3) is 0.167. The van der Waals surface area contributed by atoms with Crippen LogP contribution in [-0.2, 0) is 11.3 Å². The zero-order valence-electron chi connectivity index (χ0n) is 14.0. The summed E-state index contributed by atoms with van der Waals surface area (Å²) in [7, 11) is 0. The third-order valence-electron chi connectivity index (χ3n) is 3.65. The second-order valence-corrected chi connectivity index (χ2v) is 5.55. The van der Waals surface area contributed by atoms with Crippen LogP contribution in [0, 0.1) is 5.82 Å². The number of nitrogens with zero attached hydrogens (tertiary/aromatic N) is 4. The van der Waals surface area contributed by atoms with Gasteiger partial charge in [0.05, 0.1) is 0 Å². The van der Waals surface area contributed by atoms with Crippen molar-refractivity contribution in [1.82, 2.24) is 20.2 Å². The van der Waals surface area contributed by atoms with Gasteiger partial charge < -0.3 is 5.32 Å². The molecule has 0 fully saturated rings. The van der Waals surface area contributed by atoms with E-state index in [0.29, 0.717) is 29.1 Å². The lowest BCUT2D eigenvalue weighted by molar-refractivity contribution is -0.115. The van der Waals surface area contributed by atoms with E-state index in [4.69, 9.17) is 0 Å². The number of halogens is 1. The molecule has 0 bridgehead atoms. The third-order valence-corrected chi connectivity index (χ3v) is 3.65. The maximum Gasteiger partial charge on any atom is 0.224 e. The first-order valence-corrected chi connectivity index (χ1v) is 8.02. The summed E-state index contributed by atoms with van der Waals surface area (Å²) in [6, 6.07) is 12.3.